The number of hydrogen-bond acceptors (Lipinski definition) is 5. The van der Waals surface area contributed by atoms with Crippen LogP contribution in [0.2, 0.25) is 0 Å². The highest BCUT2D eigenvalue weighted by Crippen LogP contribution is 2.26. The lowest BCUT2D eigenvalue weighted by molar-refractivity contribution is 0.489. The molecule has 0 aliphatic rings. The first kappa shape index (κ1) is 9.11. The second-order valence-electron chi connectivity index (χ2n) is 3.35. The normalized spacial score (nSPS) is 11.1. The lowest BCUT2D eigenvalue weighted by atomic mass is 10.2. The minimum absolute atomic E-state index is 0.229. The molecule has 2 N–H and O–H groups in total. The van der Waals surface area contributed by atoms with Crippen LogP contribution in [0.5, 0.6) is 0 Å². The molecule has 0 atom stereocenters. The monoisotopic (exact) mass is 215 g/mol. The smallest absolute Gasteiger partial charge is 0.283 e. The van der Waals surface area contributed by atoms with E-state index in [0.717, 1.165) is 11.0 Å². The van der Waals surface area contributed by atoms with Gasteiger partial charge in [-0.3, -0.25) is 0 Å². The van der Waals surface area contributed by atoms with Crippen LogP contribution in [0.4, 0.5) is 0 Å². The van der Waals surface area contributed by atoms with Gasteiger partial charge in [0.05, 0.1) is 6.54 Å². The van der Waals surface area contributed by atoms with E-state index in [9.17, 15) is 0 Å². The van der Waals surface area contributed by atoms with Gasteiger partial charge in [0.15, 0.2) is 5.76 Å². The quantitative estimate of drug-likeness (QED) is 0.706. The van der Waals surface area contributed by atoms with Crippen LogP contribution in [-0.2, 0) is 6.54 Å². The predicted molar refractivity (Wildman–Crippen MR) is 57.4 cm³/mol. The molecule has 0 amide bonds. The topological polar surface area (TPSA) is 78.1 Å². The molecule has 2 heterocycles. The highest BCUT2D eigenvalue weighted by atomic mass is 16.4. The zero-order valence-electron chi connectivity index (χ0n) is 8.38. The zero-order chi connectivity index (χ0) is 11.0. The van der Waals surface area contributed by atoms with E-state index in [-0.39, 0.29) is 6.54 Å². The number of nitrogens with zero attached hydrogens (tertiary/aromatic N) is 2. The third-order valence-electron chi connectivity index (χ3n) is 2.28. The summed E-state index contributed by atoms with van der Waals surface area (Å²) in [6.07, 6.45) is 0. The molecule has 0 bridgehead atoms. The van der Waals surface area contributed by atoms with E-state index >= 15 is 0 Å². The molecule has 3 aromatic rings. The molecule has 5 heteroatoms. The lowest BCUT2D eigenvalue weighted by Crippen LogP contribution is -1.95. The number of rotatable bonds is 2. The Morgan fingerprint density at radius 1 is 1.12 bits per heavy atom. The van der Waals surface area contributed by atoms with Crippen LogP contribution in [0, 0.1) is 0 Å². The maximum absolute atomic E-state index is 5.57. The van der Waals surface area contributed by atoms with E-state index in [1.807, 2.05) is 30.3 Å². The van der Waals surface area contributed by atoms with Gasteiger partial charge in [-0.25, -0.2) is 0 Å². The van der Waals surface area contributed by atoms with Crippen LogP contribution >= 0.6 is 0 Å². The number of benzene rings is 1. The van der Waals surface area contributed by atoms with E-state index in [0.29, 0.717) is 17.5 Å². The predicted octanol–water partition coefficient (Wildman–Crippen LogP) is 1.94. The van der Waals surface area contributed by atoms with Crippen molar-refractivity contribution in [2.45, 2.75) is 6.54 Å². The molecule has 0 spiro atoms. The van der Waals surface area contributed by atoms with Crippen molar-refractivity contribution in [1.82, 2.24) is 10.2 Å². The van der Waals surface area contributed by atoms with Crippen molar-refractivity contribution in [2.24, 2.45) is 5.73 Å². The van der Waals surface area contributed by atoms with E-state index in [4.69, 9.17) is 14.6 Å². The van der Waals surface area contributed by atoms with Gasteiger partial charge in [-0.15, -0.1) is 10.2 Å². The van der Waals surface area contributed by atoms with E-state index in [1.165, 1.54) is 0 Å². The van der Waals surface area contributed by atoms with Gasteiger partial charge in [0.2, 0.25) is 5.89 Å². The van der Waals surface area contributed by atoms with Gasteiger partial charge in [-0.1, -0.05) is 18.2 Å². The number of aromatic nitrogens is 2. The van der Waals surface area contributed by atoms with Crippen molar-refractivity contribution in [2.75, 3.05) is 0 Å². The third-order valence-corrected chi connectivity index (χ3v) is 2.28. The number of nitrogens with two attached hydrogens (primary N) is 1. The first-order valence-corrected chi connectivity index (χ1v) is 4.88. The van der Waals surface area contributed by atoms with E-state index < -0.39 is 0 Å². The van der Waals surface area contributed by atoms with Crippen LogP contribution in [0.15, 0.2) is 39.2 Å². The van der Waals surface area contributed by atoms with Crippen molar-refractivity contribution >= 4 is 11.0 Å². The minimum atomic E-state index is 0.229. The van der Waals surface area contributed by atoms with Crippen LogP contribution in [0.1, 0.15) is 5.89 Å². The number of hydrogen-bond donors (Lipinski definition) is 1. The highest BCUT2D eigenvalue weighted by molar-refractivity contribution is 5.81. The van der Waals surface area contributed by atoms with Gasteiger partial charge in [-0.05, 0) is 12.1 Å². The van der Waals surface area contributed by atoms with Crippen LogP contribution in [0.3, 0.4) is 0 Å². The summed E-state index contributed by atoms with van der Waals surface area (Å²) in [6, 6.07) is 9.57. The molecule has 16 heavy (non-hydrogen) atoms. The van der Waals surface area contributed by atoms with Gasteiger partial charge in [0.25, 0.3) is 5.89 Å². The minimum Gasteiger partial charge on any atom is -0.451 e. The molecular formula is C11H9N3O2. The largest absolute Gasteiger partial charge is 0.451 e. The van der Waals surface area contributed by atoms with Gasteiger partial charge in [0.1, 0.15) is 5.58 Å². The number of para-hydroxylation sites is 1. The first-order chi connectivity index (χ1) is 7.86. The zero-order valence-corrected chi connectivity index (χ0v) is 8.38. The Morgan fingerprint density at radius 2 is 2.00 bits per heavy atom. The fraction of sp³-hybridized carbons (Fsp3) is 0.0909. The fourth-order valence-corrected chi connectivity index (χ4v) is 1.52. The first-order valence-electron chi connectivity index (χ1n) is 4.88. The summed E-state index contributed by atoms with van der Waals surface area (Å²) in [5.74, 6) is 1.32. The van der Waals surface area contributed by atoms with E-state index in [1.54, 1.807) is 0 Å². The van der Waals surface area contributed by atoms with Gasteiger partial charge in [0, 0.05) is 5.39 Å². The molecule has 0 saturated heterocycles. The number of fused-ring (bicyclic) bond motifs is 1. The summed E-state index contributed by atoms with van der Waals surface area (Å²) in [4.78, 5) is 0. The van der Waals surface area contributed by atoms with E-state index in [2.05, 4.69) is 10.2 Å². The average Bonchev–Trinajstić information content (AvgIpc) is 2.95. The standard InChI is InChI=1S/C11H9N3O2/c12-6-10-13-14-11(16-10)9-5-7-3-1-2-4-8(7)15-9/h1-5H,6,12H2. The Kier molecular flexibility index (Phi) is 1.97. The molecular weight excluding hydrogens is 206 g/mol. The molecule has 0 aliphatic heterocycles. The second-order valence-corrected chi connectivity index (χ2v) is 3.35. The molecule has 5 nitrogen and oxygen atoms in total. The molecule has 0 fully saturated rings. The Morgan fingerprint density at radius 3 is 2.75 bits per heavy atom. The highest BCUT2D eigenvalue weighted by Gasteiger charge is 2.12. The molecule has 80 valence electrons. The van der Waals surface area contributed by atoms with Gasteiger partial charge in [-0.2, -0.15) is 0 Å². The summed E-state index contributed by atoms with van der Waals surface area (Å²) in [6.45, 7) is 0.229. The molecule has 2 aromatic heterocycles. The summed E-state index contributed by atoms with van der Waals surface area (Å²) in [5, 5.41) is 8.65. The van der Waals surface area contributed by atoms with Crippen molar-refractivity contribution < 1.29 is 8.83 Å². The lowest BCUT2D eigenvalue weighted by Gasteiger charge is -1.85. The number of furan rings is 1. The molecule has 1 aromatic carbocycles. The molecule has 0 aliphatic carbocycles. The maximum atomic E-state index is 5.57. The van der Waals surface area contributed by atoms with Crippen molar-refractivity contribution in [3.8, 4) is 11.7 Å². The molecule has 0 unspecified atom stereocenters. The fourth-order valence-electron chi connectivity index (χ4n) is 1.52. The van der Waals surface area contributed by atoms with Crippen molar-refractivity contribution in [1.29, 1.82) is 0 Å². The summed E-state index contributed by atoms with van der Waals surface area (Å²) >= 11 is 0. The summed E-state index contributed by atoms with van der Waals surface area (Å²) < 4.78 is 10.9. The Labute approximate surface area is 90.9 Å². The summed E-state index contributed by atoms with van der Waals surface area (Å²) in [7, 11) is 0. The van der Waals surface area contributed by atoms with Crippen molar-refractivity contribution in [3.63, 3.8) is 0 Å². The second kappa shape index (κ2) is 3.46. The van der Waals surface area contributed by atoms with Crippen LogP contribution < -0.4 is 5.73 Å². The van der Waals surface area contributed by atoms with Crippen LogP contribution in [0.25, 0.3) is 22.6 Å². The Bertz CT molecular complexity index is 594. The van der Waals surface area contributed by atoms with Gasteiger partial charge >= 0.3 is 0 Å². The maximum Gasteiger partial charge on any atom is 0.283 e. The average molecular weight is 215 g/mol. The third kappa shape index (κ3) is 1.38. The van der Waals surface area contributed by atoms with Gasteiger partial charge < -0.3 is 14.6 Å². The molecule has 3 rings (SSSR count). The summed E-state index contributed by atoms with van der Waals surface area (Å²) in [5.41, 5.74) is 6.19. The Hall–Kier alpha value is -2.14. The SMILES string of the molecule is NCc1nnc(-c2cc3ccccc3o2)o1. The van der Waals surface area contributed by atoms with Crippen molar-refractivity contribution in [3.05, 3.63) is 36.2 Å². The van der Waals surface area contributed by atoms with Crippen LogP contribution in [-0.4, -0.2) is 10.2 Å². The Balaban J connectivity index is 2.11. The molecule has 0 radical (unpaired) electrons. The molecule has 0 saturated carbocycles.